The van der Waals surface area contributed by atoms with Crippen molar-refractivity contribution in [1.82, 2.24) is 15.3 Å². The first-order valence-corrected chi connectivity index (χ1v) is 11.4. The number of hydrogen-bond acceptors (Lipinski definition) is 7. The molecule has 1 fully saturated rings. The molecule has 3 N–H and O–H groups in total. The molecular weight excluding hydrogens is 521 g/mol. The first-order chi connectivity index (χ1) is 16.8. The molecule has 2 aromatic heterocycles. The van der Waals surface area contributed by atoms with E-state index in [2.05, 4.69) is 41.8 Å². The van der Waals surface area contributed by atoms with E-state index in [9.17, 15) is 18.8 Å². The molecule has 1 aliphatic rings. The average molecular weight is 542 g/mol. The molecule has 0 spiro atoms. The minimum absolute atomic E-state index is 0.0675. The second kappa shape index (κ2) is 10.2. The zero-order chi connectivity index (χ0) is 25.1. The number of anilines is 2. The number of rotatable bonds is 7. The van der Waals surface area contributed by atoms with Crippen LogP contribution in [0.15, 0.2) is 53.3 Å². The van der Waals surface area contributed by atoms with Gasteiger partial charge in [-0.05, 0) is 65.7 Å². The highest BCUT2D eigenvalue weighted by Crippen LogP contribution is 2.47. The quantitative estimate of drug-likeness (QED) is 0.228. The summed E-state index contributed by atoms with van der Waals surface area (Å²) in [6, 6.07) is 7.97. The van der Waals surface area contributed by atoms with Gasteiger partial charge in [-0.25, -0.2) is 23.9 Å². The number of amides is 2. The smallest absolute Gasteiger partial charge is 0.345 e. The summed E-state index contributed by atoms with van der Waals surface area (Å²) in [5, 5.41) is 8.20. The van der Waals surface area contributed by atoms with Crippen LogP contribution in [-0.4, -0.2) is 40.8 Å². The predicted octanol–water partition coefficient (Wildman–Crippen LogP) is 4.52. The van der Waals surface area contributed by atoms with Crippen molar-refractivity contribution in [3.8, 4) is 5.75 Å². The number of halogens is 2. The highest BCUT2D eigenvalue weighted by molar-refractivity contribution is 9.10. The molecule has 1 aromatic carbocycles. The lowest BCUT2D eigenvalue weighted by molar-refractivity contribution is 0.0730. The van der Waals surface area contributed by atoms with Crippen molar-refractivity contribution in [1.29, 1.82) is 0 Å². The maximum absolute atomic E-state index is 15.0. The molecule has 35 heavy (non-hydrogen) atoms. The van der Waals surface area contributed by atoms with Crippen LogP contribution in [-0.2, 0) is 0 Å². The Hall–Kier alpha value is -3.86. The zero-order valence-electron chi connectivity index (χ0n) is 18.8. The molecule has 3 aromatic rings. The zero-order valence-corrected chi connectivity index (χ0v) is 20.3. The molecule has 11 heteroatoms. The summed E-state index contributed by atoms with van der Waals surface area (Å²) in [4.78, 5) is 45.5. The maximum Gasteiger partial charge on any atom is 0.345 e. The molecule has 0 aliphatic heterocycles. The van der Waals surface area contributed by atoms with Gasteiger partial charge in [0.1, 0.15) is 23.2 Å². The third-order valence-electron chi connectivity index (χ3n) is 5.42. The van der Waals surface area contributed by atoms with E-state index >= 15 is 0 Å². The Bertz CT molecular complexity index is 1280. The number of carbonyl (C=O) groups is 3. The van der Waals surface area contributed by atoms with E-state index in [1.165, 1.54) is 25.3 Å². The molecule has 2 amide bonds. The van der Waals surface area contributed by atoms with Crippen LogP contribution in [0.4, 0.5) is 20.8 Å². The average Bonchev–Trinajstić information content (AvgIpc) is 3.58. The number of hydrogen-bond donors (Lipinski definition) is 3. The number of urea groups is 1. The van der Waals surface area contributed by atoms with E-state index < -0.39 is 29.8 Å². The summed E-state index contributed by atoms with van der Waals surface area (Å²) in [7, 11) is 1.69. The van der Waals surface area contributed by atoms with Crippen LogP contribution < -0.4 is 20.7 Å². The van der Waals surface area contributed by atoms with E-state index in [0.717, 1.165) is 10.5 Å². The number of ketones is 1. The fourth-order valence-electron chi connectivity index (χ4n) is 3.57. The first-order valence-electron chi connectivity index (χ1n) is 10.6. The Kier molecular flexibility index (Phi) is 7.06. The van der Waals surface area contributed by atoms with Crippen LogP contribution >= 0.6 is 15.9 Å². The lowest BCUT2D eigenvalue weighted by atomic mass is 10.0. The largest absolute Gasteiger partial charge is 0.422 e. The Balaban J connectivity index is 1.54. The summed E-state index contributed by atoms with van der Waals surface area (Å²) in [5.74, 6) is -1.53. The molecule has 1 saturated carbocycles. The standard InChI is InChI=1S/C24H21BrFN5O4/c1-12(32)15-5-6-17(26)21(22(15)35-23(33)13-3-7-19(27-2)28-10-13)16-9-18(16)30-24(34)31-20-8-4-14(25)11-29-20/h3-8,10-11,16,18H,9H2,1-2H3,(H,27,28)(H2,29,30,31,34)/t16-,18+/m0/s1. The summed E-state index contributed by atoms with van der Waals surface area (Å²) in [6.45, 7) is 1.30. The van der Waals surface area contributed by atoms with Crippen molar-refractivity contribution in [3.63, 3.8) is 0 Å². The number of esters is 1. The predicted molar refractivity (Wildman–Crippen MR) is 130 cm³/mol. The van der Waals surface area contributed by atoms with Gasteiger partial charge in [-0.1, -0.05) is 0 Å². The van der Waals surface area contributed by atoms with Gasteiger partial charge in [-0.3, -0.25) is 10.1 Å². The molecule has 4 rings (SSSR count). The number of nitrogens with zero attached hydrogens (tertiary/aromatic N) is 2. The number of benzene rings is 1. The third-order valence-corrected chi connectivity index (χ3v) is 5.89. The van der Waals surface area contributed by atoms with Gasteiger partial charge in [0, 0.05) is 41.4 Å². The van der Waals surface area contributed by atoms with Crippen molar-refractivity contribution < 1.29 is 23.5 Å². The van der Waals surface area contributed by atoms with Crippen molar-refractivity contribution in [2.75, 3.05) is 17.7 Å². The lowest BCUT2D eigenvalue weighted by Crippen LogP contribution is -2.31. The van der Waals surface area contributed by atoms with Gasteiger partial charge in [0.25, 0.3) is 0 Å². The van der Waals surface area contributed by atoms with Crippen LogP contribution in [0.5, 0.6) is 5.75 Å². The number of nitrogens with one attached hydrogen (secondary N) is 3. The fourth-order valence-corrected chi connectivity index (χ4v) is 3.80. The van der Waals surface area contributed by atoms with Crippen LogP contribution in [0.3, 0.4) is 0 Å². The van der Waals surface area contributed by atoms with Gasteiger partial charge < -0.3 is 15.4 Å². The summed E-state index contributed by atoms with van der Waals surface area (Å²) >= 11 is 3.27. The number of carbonyl (C=O) groups excluding carboxylic acids is 3. The number of Topliss-reactive ketones (excluding diaryl/α,β-unsaturated/α-hetero) is 1. The van der Waals surface area contributed by atoms with Crippen LogP contribution in [0.2, 0.25) is 0 Å². The summed E-state index contributed by atoms with van der Waals surface area (Å²) < 4.78 is 21.3. The van der Waals surface area contributed by atoms with Gasteiger partial charge in [0.2, 0.25) is 0 Å². The van der Waals surface area contributed by atoms with Crippen LogP contribution in [0.1, 0.15) is 45.5 Å². The second-order valence-electron chi connectivity index (χ2n) is 7.87. The van der Waals surface area contributed by atoms with E-state index in [1.54, 1.807) is 31.4 Å². The Morgan fingerprint density at radius 1 is 1.06 bits per heavy atom. The van der Waals surface area contributed by atoms with E-state index in [4.69, 9.17) is 4.74 Å². The maximum atomic E-state index is 15.0. The Labute approximate surface area is 208 Å². The minimum atomic E-state index is -0.779. The van der Waals surface area contributed by atoms with Gasteiger partial charge in [0.15, 0.2) is 5.78 Å². The normalized spacial score (nSPS) is 16.2. The fraction of sp³-hybridized carbons (Fsp3) is 0.208. The topological polar surface area (TPSA) is 122 Å². The number of ether oxygens (including phenoxy) is 1. The Morgan fingerprint density at radius 3 is 2.43 bits per heavy atom. The molecule has 0 unspecified atom stereocenters. The third kappa shape index (κ3) is 5.62. The summed E-state index contributed by atoms with van der Waals surface area (Å²) in [5.41, 5.74) is 0.280. The molecular formula is C24H21BrFN5O4. The van der Waals surface area contributed by atoms with Gasteiger partial charge in [0.05, 0.1) is 11.1 Å². The van der Waals surface area contributed by atoms with Crippen LogP contribution in [0.25, 0.3) is 0 Å². The van der Waals surface area contributed by atoms with Gasteiger partial charge in [-0.15, -0.1) is 0 Å². The van der Waals surface area contributed by atoms with Crippen molar-refractivity contribution >= 4 is 45.3 Å². The number of aromatic nitrogens is 2. The van der Waals surface area contributed by atoms with Gasteiger partial charge >= 0.3 is 12.0 Å². The molecule has 1 aliphatic carbocycles. The highest BCUT2D eigenvalue weighted by atomic mass is 79.9. The van der Waals surface area contributed by atoms with E-state index in [-0.39, 0.29) is 28.2 Å². The second-order valence-corrected chi connectivity index (χ2v) is 8.79. The van der Waals surface area contributed by atoms with Crippen molar-refractivity contribution in [2.45, 2.75) is 25.3 Å². The molecule has 0 radical (unpaired) electrons. The highest BCUT2D eigenvalue weighted by Gasteiger charge is 2.44. The lowest BCUT2D eigenvalue weighted by Gasteiger charge is -2.15. The first kappa shape index (κ1) is 24.3. The van der Waals surface area contributed by atoms with E-state index in [0.29, 0.717) is 18.1 Å². The monoisotopic (exact) mass is 541 g/mol. The molecule has 2 atom stereocenters. The molecule has 0 saturated heterocycles. The molecule has 180 valence electrons. The Morgan fingerprint density at radius 2 is 1.80 bits per heavy atom. The molecule has 9 nitrogen and oxygen atoms in total. The van der Waals surface area contributed by atoms with E-state index in [1.807, 2.05) is 0 Å². The molecule has 2 heterocycles. The van der Waals surface area contributed by atoms with Crippen molar-refractivity contribution in [2.24, 2.45) is 0 Å². The molecule has 0 bridgehead atoms. The van der Waals surface area contributed by atoms with Gasteiger partial charge in [-0.2, -0.15) is 0 Å². The number of pyridine rings is 2. The SMILES string of the molecule is CNc1ccc(C(=O)Oc2c(C(C)=O)ccc(F)c2[C@H]2C[C@H]2NC(=O)Nc2ccc(Br)cn2)cn1. The minimum Gasteiger partial charge on any atom is -0.422 e. The summed E-state index contributed by atoms with van der Waals surface area (Å²) in [6.07, 6.45) is 3.27. The van der Waals surface area contributed by atoms with Crippen LogP contribution in [0, 0.1) is 5.82 Å². The van der Waals surface area contributed by atoms with Crippen molar-refractivity contribution in [3.05, 3.63) is 75.8 Å².